The number of fused-ring (bicyclic) bond motifs is 1. The molecule has 0 saturated carbocycles. The van der Waals surface area contributed by atoms with E-state index in [9.17, 15) is 0 Å². The third-order valence-electron chi connectivity index (χ3n) is 4.78. The summed E-state index contributed by atoms with van der Waals surface area (Å²) in [5, 5.41) is 7.97. The Bertz CT molecular complexity index is 1210. The molecule has 0 radical (unpaired) electrons. The van der Waals surface area contributed by atoms with E-state index in [2.05, 4.69) is 17.4 Å². The normalized spacial score (nSPS) is 10.9. The van der Waals surface area contributed by atoms with Crippen LogP contribution in [0, 0.1) is 0 Å². The van der Waals surface area contributed by atoms with Gasteiger partial charge in [0.25, 0.3) is 0 Å². The summed E-state index contributed by atoms with van der Waals surface area (Å²) in [6, 6.07) is 23.0. The summed E-state index contributed by atoms with van der Waals surface area (Å²) >= 11 is 24.6. The predicted molar refractivity (Wildman–Crippen MR) is 129 cm³/mol. The van der Waals surface area contributed by atoms with Gasteiger partial charge in [0.1, 0.15) is 12.4 Å². The van der Waals surface area contributed by atoms with E-state index in [1.165, 1.54) is 0 Å². The molecule has 0 heterocycles. The highest BCUT2D eigenvalue weighted by Crippen LogP contribution is 2.32. The average Bonchev–Trinajstić information content (AvgIpc) is 2.73. The number of nitrogens with one attached hydrogen (secondary N) is 1. The van der Waals surface area contributed by atoms with Gasteiger partial charge in [0, 0.05) is 32.7 Å². The molecule has 2 nitrogen and oxygen atoms in total. The molecule has 0 fully saturated rings. The Balaban J connectivity index is 1.63. The number of hydrogen-bond acceptors (Lipinski definition) is 2. The molecule has 0 atom stereocenters. The number of benzene rings is 4. The van der Waals surface area contributed by atoms with Gasteiger partial charge in [0.2, 0.25) is 0 Å². The Morgan fingerprint density at radius 1 is 0.733 bits per heavy atom. The number of halogens is 4. The first-order chi connectivity index (χ1) is 14.5. The molecular formula is C24H17Cl4NO. The first kappa shape index (κ1) is 21.1. The van der Waals surface area contributed by atoms with E-state index < -0.39 is 0 Å². The highest BCUT2D eigenvalue weighted by molar-refractivity contribution is 6.36. The van der Waals surface area contributed by atoms with Gasteiger partial charge in [-0.3, -0.25) is 0 Å². The summed E-state index contributed by atoms with van der Waals surface area (Å²) < 4.78 is 6.17. The molecule has 1 N–H and O–H groups in total. The Hall–Kier alpha value is -2.10. The fraction of sp³-hybridized carbons (Fsp3) is 0.0833. The van der Waals surface area contributed by atoms with Crippen LogP contribution in [0.3, 0.4) is 0 Å². The minimum Gasteiger partial charge on any atom is -0.488 e. The molecule has 0 aliphatic rings. The maximum absolute atomic E-state index is 6.32. The van der Waals surface area contributed by atoms with Gasteiger partial charge in [0.15, 0.2) is 0 Å². The molecule has 30 heavy (non-hydrogen) atoms. The van der Waals surface area contributed by atoms with E-state index in [1.807, 2.05) is 36.4 Å². The van der Waals surface area contributed by atoms with Crippen LogP contribution in [0.1, 0.15) is 11.1 Å². The second-order valence-corrected chi connectivity index (χ2v) is 8.45. The maximum Gasteiger partial charge on any atom is 0.125 e. The van der Waals surface area contributed by atoms with Gasteiger partial charge in [-0.1, -0.05) is 82.8 Å². The smallest absolute Gasteiger partial charge is 0.125 e. The van der Waals surface area contributed by atoms with Crippen molar-refractivity contribution in [3.8, 4) is 5.75 Å². The van der Waals surface area contributed by atoms with E-state index in [-0.39, 0.29) is 0 Å². The molecule has 0 aliphatic heterocycles. The lowest BCUT2D eigenvalue weighted by Crippen LogP contribution is -2.05. The van der Waals surface area contributed by atoms with E-state index >= 15 is 0 Å². The number of rotatable bonds is 6. The van der Waals surface area contributed by atoms with Crippen molar-refractivity contribution in [2.45, 2.75) is 13.2 Å². The molecule has 6 heteroatoms. The highest BCUT2D eigenvalue weighted by Gasteiger charge is 2.11. The minimum atomic E-state index is 0.336. The lowest BCUT2D eigenvalue weighted by atomic mass is 10.0. The summed E-state index contributed by atoms with van der Waals surface area (Å²) in [5.41, 5.74) is 2.71. The van der Waals surface area contributed by atoms with Crippen molar-refractivity contribution < 1.29 is 4.74 Å². The molecule has 152 valence electrons. The fourth-order valence-corrected chi connectivity index (χ4v) is 4.18. The van der Waals surface area contributed by atoms with Gasteiger partial charge in [-0.25, -0.2) is 0 Å². The van der Waals surface area contributed by atoms with Crippen molar-refractivity contribution >= 4 is 62.9 Å². The summed E-state index contributed by atoms with van der Waals surface area (Å²) in [6.07, 6.45) is 0. The monoisotopic (exact) mass is 475 g/mol. The molecule has 0 bridgehead atoms. The first-order valence-corrected chi connectivity index (χ1v) is 10.8. The van der Waals surface area contributed by atoms with Crippen LogP contribution in [0.2, 0.25) is 20.1 Å². The van der Waals surface area contributed by atoms with Crippen molar-refractivity contribution in [1.82, 2.24) is 0 Å². The number of ether oxygens (including phenoxy) is 1. The zero-order valence-electron chi connectivity index (χ0n) is 15.8. The quantitative estimate of drug-likeness (QED) is 0.300. The lowest BCUT2D eigenvalue weighted by Gasteiger charge is -2.17. The Morgan fingerprint density at radius 3 is 2.23 bits per heavy atom. The molecule has 0 spiro atoms. The molecule has 4 aromatic rings. The largest absolute Gasteiger partial charge is 0.488 e. The Labute approximate surface area is 195 Å². The maximum atomic E-state index is 6.32. The van der Waals surface area contributed by atoms with E-state index in [0.717, 1.165) is 33.3 Å². The van der Waals surface area contributed by atoms with Crippen LogP contribution in [0.5, 0.6) is 5.75 Å². The van der Waals surface area contributed by atoms with Crippen molar-refractivity contribution in [3.63, 3.8) is 0 Å². The van der Waals surface area contributed by atoms with Gasteiger partial charge >= 0.3 is 0 Å². The molecule has 0 aliphatic carbocycles. The van der Waals surface area contributed by atoms with Crippen LogP contribution in [0.25, 0.3) is 10.8 Å². The molecule has 0 aromatic heterocycles. The average molecular weight is 477 g/mol. The van der Waals surface area contributed by atoms with E-state index in [0.29, 0.717) is 33.2 Å². The summed E-state index contributed by atoms with van der Waals surface area (Å²) in [4.78, 5) is 0. The zero-order valence-corrected chi connectivity index (χ0v) is 18.8. The van der Waals surface area contributed by atoms with Crippen LogP contribution in [-0.2, 0) is 13.2 Å². The number of anilines is 1. The molecule has 4 aromatic carbocycles. The molecule has 0 amide bonds. The minimum absolute atomic E-state index is 0.336. The third kappa shape index (κ3) is 4.79. The lowest BCUT2D eigenvalue weighted by molar-refractivity contribution is 0.304. The SMILES string of the molecule is Clc1ccc(COc2ccc3ccccc3c2CNc2ccc(Cl)cc2Cl)c(Cl)c1. The summed E-state index contributed by atoms with van der Waals surface area (Å²) in [6.45, 7) is 0.870. The van der Waals surface area contributed by atoms with Crippen molar-refractivity contribution in [3.05, 3.63) is 104 Å². The van der Waals surface area contributed by atoms with Crippen LogP contribution in [0.4, 0.5) is 5.69 Å². The van der Waals surface area contributed by atoms with Gasteiger partial charge in [-0.2, -0.15) is 0 Å². The second-order valence-electron chi connectivity index (χ2n) is 6.77. The standard InChI is InChI=1S/C24H17Cl4NO/c25-17-7-5-16(21(27)11-17)14-30-24-10-6-15-3-1-2-4-19(15)20(24)13-29-23-9-8-18(26)12-22(23)28/h1-12,29H,13-14H2. The van der Waals surface area contributed by atoms with Crippen molar-refractivity contribution in [1.29, 1.82) is 0 Å². The summed E-state index contributed by atoms with van der Waals surface area (Å²) in [5.74, 6) is 0.775. The third-order valence-corrected chi connectivity index (χ3v) is 5.92. The van der Waals surface area contributed by atoms with Gasteiger partial charge in [-0.15, -0.1) is 0 Å². The van der Waals surface area contributed by atoms with E-state index in [4.69, 9.17) is 51.1 Å². The molecular weight excluding hydrogens is 460 g/mol. The van der Waals surface area contributed by atoms with Crippen LogP contribution in [0.15, 0.2) is 72.8 Å². The van der Waals surface area contributed by atoms with Gasteiger partial charge in [0.05, 0.1) is 10.7 Å². The van der Waals surface area contributed by atoms with Crippen LogP contribution < -0.4 is 10.1 Å². The Morgan fingerprint density at radius 2 is 1.47 bits per heavy atom. The van der Waals surface area contributed by atoms with Crippen LogP contribution in [-0.4, -0.2) is 0 Å². The highest BCUT2D eigenvalue weighted by atomic mass is 35.5. The molecule has 0 unspecified atom stereocenters. The van der Waals surface area contributed by atoms with E-state index in [1.54, 1.807) is 24.3 Å². The first-order valence-electron chi connectivity index (χ1n) is 9.27. The molecule has 4 rings (SSSR count). The predicted octanol–water partition coefficient (Wildman–Crippen LogP) is 8.64. The van der Waals surface area contributed by atoms with Crippen molar-refractivity contribution in [2.75, 3.05) is 5.32 Å². The molecule has 0 saturated heterocycles. The van der Waals surface area contributed by atoms with Crippen LogP contribution >= 0.6 is 46.4 Å². The number of hydrogen-bond donors (Lipinski definition) is 1. The van der Waals surface area contributed by atoms with Gasteiger partial charge < -0.3 is 10.1 Å². The Kier molecular flexibility index (Phi) is 6.60. The zero-order chi connectivity index (χ0) is 21.1. The summed E-state index contributed by atoms with van der Waals surface area (Å²) in [7, 11) is 0. The fourth-order valence-electron chi connectivity index (χ4n) is 3.24. The second kappa shape index (κ2) is 9.36. The van der Waals surface area contributed by atoms with Gasteiger partial charge in [-0.05, 0) is 47.2 Å². The van der Waals surface area contributed by atoms with Crippen molar-refractivity contribution in [2.24, 2.45) is 0 Å². The topological polar surface area (TPSA) is 21.3 Å².